The first kappa shape index (κ1) is 19.0. The molecule has 0 atom stereocenters. The number of carbonyl (C=O) groups excluding carboxylic acids is 1. The van der Waals surface area contributed by atoms with Crippen LogP contribution in [0.25, 0.3) is 11.1 Å². The van der Waals surface area contributed by atoms with Crippen molar-refractivity contribution in [1.82, 2.24) is 15.1 Å². The van der Waals surface area contributed by atoms with Crippen molar-refractivity contribution < 1.29 is 9.53 Å². The van der Waals surface area contributed by atoms with Crippen LogP contribution in [0.15, 0.2) is 30.6 Å². The van der Waals surface area contributed by atoms with Gasteiger partial charge in [-0.15, -0.1) is 0 Å². The van der Waals surface area contributed by atoms with Gasteiger partial charge in [-0.05, 0) is 50.3 Å². The molecule has 136 valence electrons. The third kappa shape index (κ3) is 5.34. The lowest BCUT2D eigenvalue weighted by atomic mass is 9.98. The summed E-state index contributed by atoms with van der Waals surface area (Å²) in [4.78, 5) is 14.4. The number of aromatic amines is 1. The Morgan fingerprint density at radius 1 is 1.32 bits per heavy atom. The first-order valence-electron chi connectivity index (χ1n) is 8.73. The first-order valence-corrected chi connectivity index (χ1v) is 8.73. The van der Waals surface area contributed by atoms with E-state index in [1.54, 1.807) is 4.90 Å². The van der Waals surface area contributed by atoms with E-state index >= 15 is 0 Å². The van der Waals surface area contributed by atoms with Crippen molar-refractivity contribution in [1.29, 1.82) is 0 Å². The Hall–Kier alpha value is -2.30. The van der Waals surface area contributed by atoms with Crippen LogP contribution in [-0.2, 0) is 11.3 Å². The average molecular weight is 343 g/mol. The maximum absolute atomic E-state index is 12.6. The minimum absolute atomic E-state index is 0.269. The van der Waals surface area contributed by atoms with Crippen LogP contribution in [-0.4, -0.2) is 33.3 Å². The van der Waals surface area contributed by atoms with Crippen LogP contribution in [0, 0.1) is 12.8 Å². The molecule has 0 bridgehead atoms. The van der Waals surface area contributed by atoms with Gasteiger partial charge in [0.25, 0.3) is 0 Å². The molecule has 0 saturated heterocycles. The highest BCUT2D eigenvalue weighted by Gasteiger charge is 2.23. The molecule has 0 aliphatic carbocycles. The normalized spacial score (nSPS) is 11.6. The monoisotopic (exact) mass is 343 g/mol. The van der Waals surface area contributed by atoms with E-state index < -0.39 is 5.60 Å². The van der Waals surface area contributed by atoms with Crippen molar-refractivity contribution in [3.63, 3.8) is 0 Å². The van der Waals surface area contributed by atoms with E-state index in [-0.39, 0.29) is 6.09 Å². The zero-order valence-electron chi connectivity index (χ0n) is 16.1. The SMILES string of the molecule is Cc1c(CN(CC(C)C)C(=O)OC(C)(C)C)cccc1-c1cn[nH]c1. The Morgan fingerprint density at radius 3 is 2.60 bits per heavy atom. The molecule has 2 rings (SSSR count). The molecule has 0 saturated carbocycles. The fourth-order valence-electron chi connectivity index (χ4n) is 2.74. The van der Waals surface area contributed by atoms with Gasteiger partial charge in [0.1, 0.15) is 5.60 Å². The summed E-state index contributed by atoms with van der Waals surface area (Å²) in [5.41, 5.74) is 3.94. The van der Waals surface area contributed by atoms with Crippen molar-refractivity contribution in [3.8, 4) is 11.1 Å². The smallest absolute Gasteiger partial charge is 0.410 e. The van der Waals surface area contributed by atoms with Gasteiger partial charge in [-0.3, -0.25) is 5.10 Å². The predicted octanol–water partition coefficient (Wildman–Crippen LogP) is 4.78. The molecule has 1 N–H and O–H groups in total. The van der Waals surface area contributed by atoms with Crippen molar-refractivity contribution >= 4 is 6.09 Å². The fourth-order valence-corrected chi connectivity index (χ4v) is 2.74. The van der Waals surface area contributed by atoms with E-state index in [4.69, 9.17) is 4.74 Å². The maximum Gasteiger partial charge on any atom is 0.410 e. The number of nitrogens with one attached hydrogen (secondary N) is 1. The molecule has 0 aliphatic rings. The van der Waals surface area contributed by atoms with Crippen LogP contribution < -0.4 is 0 Å². The van der Waals surface area contributed by atoms with Crippen molar-refractivity contribution in [2.75, 3.05) is 6.54 Å². The summed E-state index contributed by atoms with van der Waals surface area (Å²) >= 11 is 0. The number of nitrogens with zero attached hydrogens (tertiary/aromatic N) is 2. The van der Waals surface area contributed by atoms with Crippen molar-refractivity contribution in [3.05, 3.63) is 41.7 Å². The second kappa shape index (κ2) is 7.72. The highest BCUT2D eigenvalue weighted by Crippen LogP contribution is 2.26. The number of carbonyl (C=O) groups is 1. The number of aromatic nitrogens is 2. The third-order valence-corrected chi connectivity index (χ3v) is 3.85. The zero-order chi connectivity index (χ0) is 18.6. The van der Waals surface area contributed by atoms with Crippen LogP contribution >= 0.6 is 0 Å². The maximum atomic E-state index is 12.6. The van der Waals surface area contributed by atoms with Gasteiger partial charge in [-0.25, -0.2) is 4.79 Å². The molecule has 0 spiro atoms. The number of H-pyrrole nitrogens is 1. The first-order chi connectivity index (χ1) is 11.7. The Kier molecular flexibility index (Phi) is 5.88. The molecule has 1 heterocycles. The van der Waals surface area contributed by atoms with Crippen LogP contribution in [0.3, 0.4) is 0 Å². The van der Waals surface area contributed by atoms with Gasteiger partial charge in [0.05, 0.1) is 6.20 Å². The Bertz CT molecular complexity index is 700. The number of rotatable bonds is 5. The summed E-state index contributed by atoms with van der Waals surface area (Å²) in [6, 6.07) is 6.16. The summed E-state index contributed by atoms with van der Waals surface area (Å²) in [7, 11) is 0. The van der Waals surface area contributed by atoms with E-state index in [2.05, 4.69) is 43.1 Å². The van der Waals surface area contributed by atoms with E-state index in [9.17, 15) is 4.79 Å². The molecule has 0 aliphatic heterocycles. The number of ether oxygens (including phenoxy) is 1. The van der Waals surface area contributed by atoms with Gasteiger partial charge in [-0.2, -0.15) is 5.10 Å². The molecule has 2 aromatic rings. The lowest BCUT2D eigenvalue weighted by molar-refractivity contribution is 0.0211. The molecule has 5 heteroatoms. The molecule has 1 aromatic heterocycles. The molecule has 1 aromatic carbocycles. The second-order valence-electron chi connectivity index (χ2n) is 7.83. The molecule has 0 radical (unpaired) electrons. The van der Waals surface area contributed by atoms with Gasteiger partial charge < -0.3 is 9.64 Å². The standard InChI is InChI=1S/C20H29N3O2/c1-14(2)12-23(19(24)25-20(4,5)6)13-16-8-7-9-18(15(16)3)17-10-21-22-11-17/h7-11,14H,12-13H2,1-6H3,(H,21,22). The third-order valence-electron chi connectivity index (χ3n) is 3.85. The molecule has 0 unspecified atom stereocenters. The summed E-state index contributed by atoms with van der Waals surface area (Å²) < 4.78 is 5.59. The number of hydrogen-bond acceptors (Lipinski definition) is 3. The van der Waals surface area contributed by atoms with Gasteiger partial charge in [0, 0.05) is 24.8 Å². The zero-order valence-corrected chi connectivity index (χ0v) is 16.1. The van der Waals surface area contributed by atoms with Crippen LogP contribution in [0.4, 0.5) is 4.79 Å². The molecular weight excluding hydrogens is 314 g/mol. The highest BCUT2D eigenvalue weighted by atomic mass is 16.6. The van der Waals surface area contributed by atoms with Crippen LogP contribution in [0.1, 0.15) is 45.7 Å². The summed E-state index contributed by atoms with van der Waals surface area (Å²) in [6.45, 7) is 13.2. The summed E-state index contributed by atoms with van der Waals surface area (Å²) in [6.07, 6.45) is 3.42. The predicted molar refractivity (Wildman–Crippen MR) is 100 cm³/mol. The van der Waals surface area contributed by atoms with Crippen LogP contribution in [0.2, 0.25) is 0 Å². The molecule has 5 nitrogen and oxygen atoms in total. The summed E-state index contributed by atoms with van der Waals surface area (Å²) in [5, 5.41) is 6.88. The van der Waals surface area contributed by atoms with Crippen LogP contribution in [0.5, 0.6) is 0 Å². The minimum Gasteiger partial charge on any atom is -0.444 e. The molecule has 1 amide bonds. The lowest BCUT2D eigenvalue weighted by Gasteiger charge is -2.29. The lowest BCUT2D eigenvalue weighted by Crippen LogP contribution is -2.38. The average Bonchev–Trinajstić information content (AvgIpc) is 3.00. The van der Waals surface area contributed by atoms with E-state index in [1.165, 1.54) is 0 Å². The largest absolute Gasteiger partial charge is 0.444 e. The van der Waals surface area contributed by atoms with Gasteiger partial charge in [-0.1, -0.05) is 32.0 Å². The fraction of sp³-hybridized carbons (Fsp3) is 0.500. The van der Waals surface area contributed by atoms with Crippen molar-refractivity contribution in [2.24, 2.45) is 5.92 Å². The van der Waals surface area contributed by atoms with Gasteiger partial charge in [0.2, 0.25) is 0 Å². The number of hydrogen-bond donors (Lipinski definition) is 1. The van der Waals surface area contributed by atoms with E-state index in [0.29, 0.717) is 19.0 Å². The molecular formula is C20H29N3O2. The quantitative estimate of drug-likeness (QED) is 0.850. The molecule has 0 fully saturated rings. The Balaban J connectivity index is 2.26. The van der Waals surface area contributed by atoms with Gasteiger partial charge in [0.15, 0.2) is 0 Å². The minimum atomic E-state index is -0.500. The second-order valence-corrected chi connectivity index (χ2v) is 7.83. The Morgan fingerprint density at radius 2 is 2.04 bits per heavy atom. The Labute approximate surface area is 150 Å². The van der Waals surface area contributed by atoms with E-state index in [1.807, 2.05) is 39.2 Å². The number of amides is 1. The van der Waals surface area contributed by atoms with Crippen molar-refractivity contribution in [2.45, 2.75) is 53.7 Å². The number of benzene rings is 1. The summed E-state index contributed by atoms with van der Waals surface area (Å²) in [5.74, 6) is 0.366. The topological polar surface area (TPSA) is 58.2 Å². The molecule has 25 heavy (non-hydrogen) atoms. The highest BCUT2D eigenvalue weighted by molar-refractivity contribution is 5.70. The van der Waals surface area contributed by atoms with Gasteiger partial charge >= 0.3 is 6.09 Å². The van der Waals surface area contributed by atoms with E-state index in [0.717, 1.165) is 22.3 Å².